The summed E-state index contributed by atoms with van der Waals surface area (Å²) in [5.41, 5.74) is 0. The molecule has 8 nitrogen and oxygen atoms in total. The fourth-order valence-electron chi connectivity index (χ4n) is 2.32. The van der Waals surface area contributed by atoms with Gasteiger partial charge in [-0.3, -0.25) is 4.79 Å². The van der Waals surface area contributed by atoms with Crippen LogP contribution in [-0.4, -0.2) is 52.7 Å². The number of esters is 2. The van der Waals surface area contributed by atoms with Gasteiger partial charge in [-0.25, -0.2) is 4.79 Å². The quantitative estimate of drug-likeness (QED) is 0.423. The summed E-state index contributed by atoms with van der Waals surface area (Å²) in [5.74, 6) is -2.55. The second-order valence-electron chi connectivity index (χ2n) is 5.78. The SMILES string of the molecule is O=C(CCCCCOc1ccccc1)OC[C@H](O)[C@H]1OC(=O)C(O)=C1O. The molecule has 1 aromatic rings. The van der Waals surface area contributed by atoms with Crippen LogP contribution in [0.15, 0.2) is 41.9 Å². The van der Waals surface area contributed by atoms with Gasteiger partial charge in [0, 0.05) is 6.42 Å². The Morgan fingerprint density at radius 3 is 2.54 bits per heavy atom. The number of ether oxygens (including phenoxy) is 3. The first-order valence-electron chi connectivity index (χ1n) is 8.33. The van der Waals surface area contributed by atoms with Gasteiger partial charge in [0.15, 0.2) is 11.9 Å². The van der Waals surface area contributed by atoms with Crippen LogP contribution >= 0.6 is 0 Å². The maximum Gasteiger partial charge on any atom is 0.377 e. The molecule has 1 aliphatic heterocycles. The van der Waals surface area contributed by atoms with Crippen molar-refractivity contribution in [2.45, 2.75) is 37.9 Å². The van der Waals surface area contributed by atoms with Gasteiger partial charge in [-0.2, -0.15) is 0 Å². The summed E-state index contributed by atoms with van der Waals surface area (Å²) >= 11 is 0. The molecule has 0 aromatic heterocycles. The molecule has 0 radical (unpaired) electrons. The summed E-state index contributed by atoms with van der Waals surface area (Å²) in [5, 5.41) is 28.4. The molecule has 1 aromatic carbocycles. The van der Waals surface area contributed by atoms with Crippen molar-refractivity contribution in [1.82, 2.24) is 0 Å². The van der Waals surface area contributed by atoms with Crippen LogP contribution in [0, 0.1) is 0 Å². The highest BCUT2D eigenvalue weighted by molar-refractivity contribution is 5.89. The van der Waals surface area contributed by atoms with Crippen LogP contribution < -0.4 is 4.74 Å². The summed E-state index contributed by atoms with van der Waals surface area (Å²) in [4.78, 5) is 22.7. The summed E-state index contributed by atoms with van der Waals surface area (Å²) in [6, 6.07) is 9.44. The van der Waals surface area contributed by atoms with Gasteiger partial charge < -0.3 is 29.5 Å². The van der Waals surface area contributed by atoms with E-state index >= 15 is 0 Å². The van der Waals surface area contributed by atoms with Gasteiger partial charge in [0.2, 0.25) is 5.76 Å². The van der Waals surface area contributed by atoms with Crippen LogP contribution in [0.1, 0.15) is 25.7 Å². The Morgan fingerprint density at radius 1 is 1.15 bits per heavy atom. The van der Waals surface area contributed by atoms with Crippen molar-refractivity contribution in [3.8, 4) is 5.75 Å². The van der Waals surface area contributed by atoms with Crippen LogP contribution in [0.25, 0.3) is 0 Å². The molecular formula is C18H22O8. The fraction of sp³-hybridized carbons (Fsp3) is 0.444. The number of aliphatic hydroxyl groups excluding tert-OH is 3. The van der Waals surface area contributed by atoms with Crippen LogP contribution in [-0.2, 0) is 19.1 Å². The Morgan fingerprint density at radius 2 is 1.88 bits per heavy atom. The third kappa shape index (κ3) is 5.66. The van der Waals surface area contributed by atoms with E-state index in [4.69, 9.17) is 14.6 Å². The predicted octanol–water partition coefficient (Wildman–Crippen LogP) is 1.78. The maximum absolute atomic E-state index is 11.6. The highest BCUT2D eigenvalue weighted by Gasteiger charge is 2.39. The normalized spacial score (nSPS) is 17.7. The molecule has 26 heavy (non-hydrogen) atoms. The number of hydrogen-bond acceptors (Lipinski definition) is 8. The number of hydrogen-bond donors (Lipinski definition) is 3. The second kappa shape index (κ2) is 9.67. The molecule has 0 saturated heterocycles. The molecule has 0 aliphatic carbocycles. The van der Waals surface area contributed by atoms with Gasteiger partial charge in [0.25, 0.3) is 0 Å². The van der Waals surface area contributed by atoms with Crippen molar-refractivity contribution in [1.29, 1.82) is 0 Å². The van der Waals surface area contributed by atoms with Crippen molar-refractivity contribution < 1.29 is 39.1 Å². The first-order valence-corrected chi connectivity index (χ1v) is 8.33. The van der Waals surface area contributed by atoms with Gasteiger partial charge >= 0.3 is 11.9 Å². The van der Waals surface area contributed by atoms with Crippen molar-refractivity contribution in [2.24, 2.45) is 0 Å². The van der Waals surface area contributed by atoms with Crippen LogP contribution in [0.3, 0.4) is 0 Å². The molecular weight excluding hydrogens is 344 g/mol. The number of carbonyl (C=O) groups is 2. The standard InChI is InChI=1S/C18H22O8/c19-13(17-15(21)16(22)18(23)26-17)11-25-14(20)9-5-2-6-10-24-12-7-3-1-4-8-12/h1,3-4,7-8,13,17,19,21-22H,2,5-6,9-11H2/t13-,17+/m0/s1. The molecule has 0 unspecified atom stereocenters. The largest absolute Gasteiger partial charge is 0.505 e. The van der Waals surface area contributed by atoms with Gasteiger partial charge in [-0.1, -0.05) is 18.2 Å². The van der Waals surface area contributed by atoms with Crippen LogP contribution in [0.5, 0.6) is 5.75 Å². The van der Waals surface area contributed by atoms with E-state index in [2.05, 4.69) is 4.74 Å². The summed E-state index contributed by atoms with van der Waals surface area (Å²) in [6.45, 7) is 0.102. The fourth-order valence-corrected chi connectivity index (χ4v) is 2.32. The maximum atomic E-state index is 11.6. The van der Waals surface area contributed by atoms with Crippen LogP contribution in [0.2, 0.25) is 0 Å². The van der Waals surface area contributed by atoms with Gasteiger partial charge in [-0.05, 0) is 31.4 Å². The summed E-state index contributed by atoms with van der Waals surface area (Å²) in [7, 11) is 0. The lowest BCUT2D eigenvalue weighted by Gasteiger charge is -2.17. The number of para-hydroxylation sites is 1. The Bertz CT molecular complexity index is 640. The van der Waals surface area contributed by atoms with Crippen molar-refractivity contribution in [3.05, 3.63) is 41.9 Å². The first kappa shape index (κ1) is 19.6. The minimum atomic E-state index is -1.45. The molecule has 0 saturated carbocycles. The van der Waals surface area contributed by atoms with E-state index in [1.54, 1.807) is 0 Å². The highest BCUT2D eigenvalue weighted by atomic mass is 16.6. The summed E-state index contributed by atoms with van der Waals surface area (Å²) in [6.07, 6.45) is -0.520. The molecule has 1 aliphatic rings. The topological polar surface area (TPSA) is 123 Å². The predicted molar refractivity (Wildman–Crippen MR) is 89.5 cm³/mol. The monoisotopic (exact) mass is 366 g/mol. The number of aliphatic hydroxyl groups is 3. The molecule has 142 valence electrons. The lowest BCUT2D eigenvalue weighted by atomic mass is 10.2. The molecule has 8 heteroatoms. The van der Waals surface area contributed by atoms with Crippen molar-refractivity contribution >= 4 is 11.9 Å². The van der Waals surface area contributed by atoms with E-state index in [0.717, 1.165) is 18.6 Å². The summed E-state index contributed by atoms with van der Waals surface area (Å²) < 4.78 is 15.0. The second-order valence-corrected chi connectivity index (χ2v) is 5.78. The number of benzene rings is 1. The van der Waals surface area contributed by atoms with Crippen molar-refractivity contribution in [2.75, 3.05) is 13.2 Å². The number of rotatable bonds is 10. The Kier molecular flexibility index (Phi) is 7.28. The minimum absolute atomic E-state index is 0.176. The van der Waals surface area contributed by atoms with E-state index in [1.165, 1.54) is 0 Å². The van der Waals surface area contributed by atoms with E-state index in [9.17, 15) is 19.8 Å². The zero-order chi connectivity index (χ0) is 18.9. The van der Waals surface area contributed by atoms with Gasteiger partial charge in [0.05, 0.1) is 6.61 Å². The zero-order valence-corrected chi connectivity index (χ0v) is 14.2. The molecule has 2 atom stereocenters. The molecule has 0 bridgehead atoms. The van der Waals surface area contributed by atoms with Gasteiger partial charge in [0.1, 0.15) is 18.5 Å². The highest BCUT2D eigenvalue weighted by Crippen LogP contribution is 2.21. The molecule has 3 N–H and O–H groups in total. The Balaban J connectivity index is 1.54. The van der Waals surface area contributed by atoms with Crippen LogP contribution in [0.4, 0.5) is 0 Å². The smallest absolute Gasteiger partial charge is 0.377 e. The van der Waals surface area contributed by atoms with E-state index in [1.807, 2.05) is 30.3 Å². The van der Waals surface area contributed by atoms with Crippen molar-refractivity contribution in [3.63, 3.8) is 0 Å². The minimum Gasteiger partial charge on any atom is -0.505 e. The van der Waals surface area contributed by atoms with Gasteiger partial charge in [-0.15, -0.1) is 0 Å². The number of unbranched alkanes of at least 4 members (excludes halogenated alkanes) is 2. The first-order chi connectivity index (χ1) is 12.5. The zero-order valence-electron chi connectivity index (χ0n) is 14.2. The van der Waals surface area contributed by atoms with E-state index in [-0.39, 0.29) is 6.42 Å². The third-order valence-corrected chi connectivity index (χ3v) is 3.74. The van der Waals surface area contributed by atoms with E-state index in [0.29, 0.717) is 13.0 Å². The molecule has 1 heterocycles. The Labute approximate surface area is 150 Å². The molecule has 0 fully saturated rings. The molecule has 0 amide bonds. The third-order valence-electron chi connectivity index (χ3n) is 3.74. The molecule has 0 spiro atoms. The van der Waals surface area contributed by atoms with E-state index < -0.39 is 42.3 Å². The molecule has 2 rings (SSSR count). The Hall–Kier alpha value is -2.74. The lowest BCUT2D eigenvalue weighted by molar-refractivity contribution is -0.154. The average Bonchev–Trinajstić information content (AvgIpc) is 2.91. The average molecular weight is 366 g/mol. The number of cyclic esters (lactones) is 1. The number of carbonyl (C=O) groups excluding carboxylic acids is 2. The lowest BCUT2D eigenvalue weighted by Crippen LogP contribution is -2.33.